The molecule has 0 saturated carbocycles. The third-order valence-corrected chi connectivity index (χ3v) is 2.74. The van der Waals surface area contributed by atoms with Crippen LogP contribution in [-0.4, -0.2) is 40.4 Å². The van der Waals surface area contributed by atoms with Crippen molar-refractivity contribution in [2.45, 2.75) is 45.4 Å². The second kappa shape index (κ2) is 10.7. The zero-order valence-corrected chi connectivity index (χ0v) is 11.4. The van der Waals surface area contributed by atoms with Crippen LogP contribution in [0.5, 0.6) is 0 Å². The number of unbranched alkanes of at least 4 members (excludes halogenated alkanes) is 5. The molecule has 0 saturated heterocycles. The Balaban J connectivity index is 0.000000631. The smallest absolute Gasteiger partial charge is 0.291 e. The highest BCUT2D eigenvalue weighted by molar-refractivity contribution is 4.88. The Morgan fingerprint density at radius 1 is 1.22 bits per heavy atom. The fourth-order valence-electron chi connectivity index (χ4n) is 1.83. The van der Waals surface area contributed by atoms with Crippen molar-refractivity contribution in [1.82, 2.24) is 9.80 Å². The molecule has 0 aromatic carbocycles. The van der Waals surface area contributed by atoms with Gasteiger partial charge in [-0.3, -0.25) is 0 Å². The fraction of sp³-hybridized carbons (Fsp3) is 0.833. The quantitative estimate of drug-likeness (QED) is 0.432. The summed E-state index contributed by atoms with van der Waals surface area (Å²) in [5.41, 5.74) is 0. The van der Waals surface area contributed by atoms with Gasteiger partial charge in [-0.2, -0.15) is 0 Å². The van der Waals surface area contributed by atoms with Crippen molar-refractivity contribution in [3.63, 3.8) is 0 Å². The summed E-state index contributed by atoms with van der Waals surface area (Å²) in [7, 11) is 2.12. The van der Waals surface area contributed by atoms with Gasteiger partial charge in [0.15, 0.2) is 0 Å². The normalized spacial score (nSPS) is 13.4. The number of nitrogens with zero attached hydrogens (tertiary/aromatic N) is 3. The maximum atomic E-state index is 8.36. The van der Waals surface area contributed by atoms with Gasteiger partial charge >= 0.3 is 0 Å². The Labute approximate surface area is 109 Å². The molecule has 0 aromatic heterocycles. The predicted molar refractivity (Wildman–Crippen MR) is 70.6 cm³/mol. The zero-order valence-electron chi connectivity index (χ0n) is 11.4. The molecule has 6 heteroatoms. The molecule has 1 N–H and O–H groups in total. The first-order chi connectivity index (χ1) is 8.56. The summed E-state index contributed by atoms with van der Waals surface area (Å²) >= 11 is 0. The molecule has 106 valence electrons. The maximum Gasteiger partial charge on any atom is 0.291 e. The highest BCUT2D eigenvalue weighted by atomic mass is 16.9. The summed E-state index contributed by atoms with van der Waals surface area (Å²) in [6.07, 6.45) is 12.7. The summed E-state index contributed by atoms with van der Waals surface area (Å²) in [4.78, 5) is 13.0. The zero-order chi connectivity index (χ0) is 13.8. The molecule has 1 aliphatic heterocycles. The molecule has 0 atom stereocenters. The Morgan fingerprint density at radius 3 is 2.28 bits per heavy atom. The van der Waals surface area contributed by atoms with Crippen LogP contribution in [0, 0.1) is 10.1 Å². The van der Waals surface area contributed by atoms with Gasteiger partial charge in [0.25, 0.3) is 5.09 Å². The third kappa shape index (κ3) is 11.0. The molecule has 1 rings (SSSR count). The van der Waals surface area contributed by atoms with E-state index in [2.05, 4.69) is 36.2 Å². The van der Waals surface area contributed by atoms with Gasteiger partial charge in [0.05, 0.1) is 6.67 Å². The van der Waals surface area contributed by atoms with E-state index in [9.17, 15) is 0 Å². The van der Waals surface area contributed by atoms with E-state index in [0.29, 0.717) is 0 Å². The van der Waals surface area contributed by atoms with E-state index < -0.39 is 5.09 Å². The summed E-state index contributed by atoms with van der Waals surface area (Å²) < 4.78 is 0. The highest BCUT2D eigenvalue weighted by Gasteiger charge is 2.06. The van der Waals surface area contributed by atoms with Crippen LogP contribution < -0.4 is 0 Å². The minimum absolute atomic E-state index is 1.08. The lowest BCUT2D eigenvalue weighted by Gasteiger charge is -2.17. The van der Waals surface area contributed by atoms with E-state index in [1.54, 1.807) is 0 Å². The Hall–Kier alpha value is -1.46. The van der Waals surface area contributed by atoms with Crippen molar-refractivity contribution >= 4 is 0 Å². The SMILES string of the molecule is CCCCCCCCN1C=CN(C)C1.O=[N+]([O-])O. The maximum absolute atomic E-state index is 8.36. The van der Waals surface area contributed by atoms with Crippen LogP contribution >= 0.6 is 0 Å². The molecule has 18 heavy (non-hydrogen) atoms. The molecule has 0 spiro atoms. The van der Waals surface area contributed by atoms with E-state index in [-0.39, 0.29) is 0 Å². The molecule has 1 aliphatic rings. The van der Waals surface area contributed by atoms with Crippen molar-refractivity contribution in [2.24, 2.45) is 0 Å². The van der Waals surface area contributed by atoms with E-state index in [1.807, 2.05) is 0 Å². The average molecular weight is 259 g/mol. The number of hydrogen-bond acceptors (Lipinski definition) is 4. The predicted octanol–water partition coefficient (Wildman–Crippen LogP) is 2.68. The van der Waals surface area contributed by atoms with Crippen LogP contribution in [0.1, 0.15) is 45.4 Å². The van der Waals surface area contributed by atoms with Crippen molar-refractivity contribution in [3.05, 3.63) is 22.5 Å². The topological polar surface area (TPSA) is 69.9 Å². The van der Waals surface area contributed by atoms with E-state index >= 15 is 0 Å². The van der Waals surface area contributed by atoms with Gasteiger partial charge in [-0.05, 0) is 6.42 Å². The largest absolute Gasteiger partial charge is 0.362 e. The van der Waals surface area contributed by atoms with Gasteiger partial charge < -0.3 is 15.0 Å². The van der Waals surface area contributed by atoms with E-state index in [4.69, 9.17) is 15.3 Å². The molecule has 0 amide bonds. The van der Waals surface area contributed by atoms with Crippen molar-refractivity contribution in [2.75, 3.05) is 20.3 Å². The van der Waals surface area contributed by atoms with Gasteiger partial charge in [-0.15, -0.1) is 10.1 Å². The Morgan fingerprint density at radius 2 is 1.78 bits per heavy atom. The second-order valence-electron chi connectivity index (χ2n) is 4.51. The summed E-state index contributed by atoms with van der Waals surface area (Å²) in [5, 5.41) is 13.6. The molecule has 0 bridgehead atoms. The third-order valence-electron chi connectivity index (χ3n) is 2.74. The van der Waals surface area contributed by atoms with Crippen LogP contribution in [0.25, 0.3) is 0 Å². The molecular formula is C12H25N3O3. The van der Waals surface area contributed by atoms with Gasteiger partial charge in [0, 0.05) is 26.0 Å². The lowest BCUT2D eigenvalue weighted by molar-refractivity contribution is -0.742. The molecule has 0 aliphatic carbocycles. The van der Waals surface area contributed by atoms with Crippen LogP contribution in [-0.2, 0) is 0 Å². The lowest BCUT2D eigenvalue weighted by Crippen LogP contribution is -2.23. The lowest BCUT2D eigenvalue weighted by atomic mass is 10.1. The monoisotopic (exact) mass is 259 g/mol. The minimum Gasteiger partial charge on any atom is -0.362 e. The molecule has 6 nitrogen and oxygen atoms in total. The van der Waals surface area contributed by atoms with E-state index in [1.165, 1.54) is 45.1 Å². The van der Waals surface area contributed by atoms with Gasteiger partial charge in [-0.25, -0.2) is 0 Å². The molecule has 0 fully saturated rings. The Kier molecular flexibility index (Phi) is 9.81. The summed E-state index contributed by atoms with van der Waals surface area (Å²) in [6.45, 7) is 4.58. The first-order valence-corrected chi connectivity index (χ1v) is 6.52. The highest BCUT2D eigenvalue weighted by Crippen LogP contribution is 2.08. The van der Waals surface area contributed by atoms with Gasteiger partial charge in [0.1, 0.15) is 0 Å². The van der Waals surface area contributed by atoms with Crippen LogP contribution in [0.3, 0.4) is 0 Å². The standard InChI is InChI=1S/C12H24N2.HNO3/c1-3-4-5-6-7-8-9-14-11-10-13(2)12-14;2-1(3)4/h10-11H,3-9,12H2,1-2H3;(H,2,3,4). The van der Waals surface area contributed by atoms with Crippen LogP contribution in [0.2, 0.25) is 0 Å². The molecular weight excluding hydrogens is 234 g/mol. The van der Waals surface area contributed by atoms with Crippen LogP contribution in [0.15, 0.2) is 12.4 Å². The second-order valence-corrected chi connectivity index (χ2v) is 4.51. The molecule has 0 unspecified atom stereocenters. The number of hydrogen-bond donors (Lipinski definition) is 1. The van der Waals surface area contributed by atoms with Gasteiger partial charge in [-0.1, -0.05) is 39.0 Å². The van der Waals surface area contributed by atoms with E-state index in [0.717, 1.165) is 6.67 Å². The van der Waals surface area contributed by atoms with Crippen molar-refractivity contribution in [3.8, 4) is 0 Å². The first kappa shape index (κ1) is 16.5. The minimum atomic E-state index is -1.50. The fourth-order valence-corrected chi connectivity index (χ4v) is 1.83. The Bertz CT molecular complexity index is 243. The molecule has 0 radical (unpaired) electrons. The molecule has 0 aromatic rings. The van der Waals surface area contributed by atoms with Gasteiger partial charge in [0.2, 0.25) is 0 Å². The summed E-state index contributed by atoms with van der Waals surface area (Å²) in [5.74, 6) is 0. The van der Waals surface area contributed by atoms with Crippen molar-refractivity contribution < 1.29 is 10.3 Å². The van der Waals surface area contributed by atoms with Crippen molar-refractivity contribution in [1.29, 1.82) is 0 Å². The first-order valence-electron chi connectivity index (χ1n) is 6.52. The molecule has 1 heterocycles. The average Bonchev–Trinajstić information content (AvgIpc) is 2.69. The summed E-state index contributed by atoms with van der Waals surface area (Å²) in [6, 6.07) is 0. The number of rotatable bonds is 7. The van der Waals surface area contributed by atoms with Crippen LogP contribution in [0.4, 0.5) is 0 Å².